The Kier molecular flexibility index (Phi) is 7.13. The standard InChI is InChI=1S/C27H24N2O4S/c1-3-18-33-27(32)21-16-10-11-17-22(21)29-25(30)23(28(2)19-12-6-4-7-13-19)24(26(29)31)34-20-14-8-5-9-15-20/h4-17H,3,18H2,1-2H3. The van der Waals surface area contributed by atoms with Crippen molar-refractivity contribution in [2.45, 2.75) is 18.2 Å². The third-order valence-electron chi connectivity index (χ3n) is 5.26. The largest absolute Gasteiger partial charge is 0.462 e. The average molecular weight is 473 g/mol. The average Bonchev–Trinajstić information content (AvgIpc) is 3.12. The van der Waals surface area contributed by atoms with E-state index in [2.05, 4.69) is 0 Å². The molecule has 0 aromatic heterocycles. The molecule has 0 saturated heterocycles. The van der Waals surface area contributed by atoms with Crippen LogP contribution in [0.15, 0.2) is 100 Å². The van der Waals surface area contributed by atoms with Crippen LogP contribution in [0.5, 0.6) is 0 Å². The molecule has 0 fully saturated rings. The first-order valence-corrected chi connectivity index (χ1v) is 11.8. The van der Waals surface area contributed by atoms with Gasteiger partial charge in [0.05, 0.1) is 17.9 Å². The van der Waals surface area contributed by atoms with Crippen LogP contribution in [-0.2, 0) is 14.3 Å². The van der Waals surface area contributed by atoms with Gasteiger partial charge in [-0.3, -0.25) is 9.59 Å². The van der Waals surface area contributed by atoms with Crippen molar-refractivity contribution in [1.29, 1.82) is 0 Å². The maximum atomic E-state index is 13.8. The minimum Gasteiger partial charge on any atom is -0.462 e. The summed E-state index contributed by atoms with van der Waals surface area (Å²) in [6, 6.07) is 25.3. The topological polar surface area (TPSA) is 66.9 Å². The van der Waals surface area contributed by atoms with Gasteiger partial charge in [-0.1, -0.05) is 67.2 Å². The first-order valence-electron chi connectivity index (χ1n) is 10.9. The van der Waals surface area contributed by atoms with Crippen molar-refractivity contribution < 1.29 is 19.1 Å². The van der Waals surface area contributed by atoms with Crippen LogP contribution in [0.1, 0.15) is 23.7 Å². The van der Waals surface area contributed by atoms with Crippen molar-refractivity contribution >= 4 is 40.9 Å². The molecule has 2 amide bonds. The SMILES string of the molecule is CCCOC(=O)c1ccccc1N1C(=O)C(Sc2ccccc2)=C(N(C)c2ccccc2)C1=O. The molecule has 0 N–H and O–H groups in total. The van der Waals surface area contributed by atoms with Gasteiger partial charge in [-0.25, -0.2) is 9.69 Å². The molecule has 1 heterocycles. The number of esters is 1. The van der Waals surface area contributed by atoms with Crippen LogP contribution in [-0.4, -0.2) is 31.4 Å². The number of nitrogens with zero attached hydrogens (tertiary/aromatic N) is 2. The van der Waals surface area contributed by atoms with Crippen LogP contribution < -0.4 is 9.80 Å². The Labute approximate surface area is 202 Å². The molecule has 0 radical (unpaired) electrons. The molecule has 0 aliphatic carbocycles. The van der Waals surface area contributed by atoms with Gasteiger partial charge >= 0.3 is 5.97 Å². The summed E-state index contributed by atoms with van der Waals surface area (Å²) >= 11 is 1.23. The third kappa shape index (κ3) is 4.61. The highest BCUT2D eigenvalue weighted by Gasteiger charge is 2.43. The fourth-order valence-electron chi connectivity index (χ4n) is 3.61. The number of hydrogen-bond donors (Lipinski definition) is 0. The Morgan fingerprint density at radius 2 is 1.50 bits per heavy atom. The summed E-state index contributed by atoms with van der Waals surface area (Å²) in [7, 11) is 1.76. The summed E-state index contributed by atoms with van der Waals surface area (Å²) in [5.74, 6) is -1.54. The van der Waals surface area contributed by atoms with Crippen LogP contribution in [0.4, 0.5) is 11.4 Å². The summed E-state index contributed by atoms with van der Waals surface area (Å²) in [5, 5.41) is 0. The predicted octanol–water partition coefficient (Wildman–Crippen LogP) is 5.27. The van der Waals surface area contributed by atoms with E-state index in [1.54, 1.807) is 36.2 Å². The van der Waals surface area contributed by atoms with Crippen LogP contribution >= 0.6 is 11.8 Å². The molecule has 7 heteroatoms. The molecule has 0 unspecified atom stereocenters. The van der Waals surface area contributed by atoms with E-state index in [-0.39, 0.29) is 23.6 Å². The van der Waals surface area contributed by atoms with Gasteiger partial charge in [-0.15, -0.1) is 0 Å². The normalized spacial score (nSPS) is 13.4. The van der Waals surface area contributed by atoms with Crippen molar-refractivity contribution in [3.63, 3.8) is 0 Å². The minimum absolute atomic E-state index is 0.172. The van der Waals surface area contributed by atoms with Gasteiger partial charge in [0.2, 0.25) is 0 Å². The predicted molar refractivity (Wildman–Crippen MR) is 134 cm³/mol. The number of carbonyl (C=O) groups excluding carboxylic acids is 3. The van der Waals surface area contributed by atoms with E-state index in [1.807, 2.05) is 67.6 Å². The summed E-state index contributed by atoms with van der Waals surface area (Å²) in [6.07, 6.45) is 0.668. The number of amides is 2. The number of hydrogen-bond acceptors (Lipinski definition) is 6. The second-order valence-electron chi connectivity index (χ2n) is 7.59. The molecular formula is C27H24N2O4S. The maximum Gasteiger partial charge on any atom is 0.340 e. The third-order valence-corrected chi connectivity index (χ3v) is 6.34. The number of carbonyl (C=O) groups is 3. The zero-order chi connectivity index (χ0) is 24.1. The van der Waals surface area contributed by atoms with E-state index in [9.17, 15) is 14.4 Å². The van der Waals surface area contributed by atoms with Crippen molar-refractivity contribution in [2.24, 2.45) is 0 Å². The number of ether oxygens (including phenoxy) is 1. The van der Waals surface area contributed by atoms with E-state index in [4.69, 9.17) is 4.74 Å². The Hall–Kier alpha value is -3.84. The molecule has 6 nitrogen and oxygen atoms in total. The summed E-state index contributed by atoms with van der Waals surface area (Å²) in [5.41, 5.74) is 1.40. The monoisotopic (exact) mass is 472 g/mol. The van der Waals surface area contributed by atoms with E-state index in [1.165, 1.54) is 11.8 Å². The van der Waals surface area contributed by atoms with Gasteiger partial charge in [0.15, 0.2) is 0 Å². The van der Waals surface area contributed by atoms with E-state index in [0.717, 1.165) is 15.5 Å². The highest BCUT2D eigenvalue weighted by Crippen LogP contribution is 2.40. The van der Waals surface area contributed by atoms with Gasteiger partial charge in [0.1, 0.15) is 10.6 Å². The Morgan fingerprint density at radius 3 is 2.18 bits per heavy atom. The molecule has 1 aliphatic heterocycles. The van der Waals surface area contributed by atoms with Crippen molar-refractivity contribution in [3.8, 4) is 0 Å². The van der Waals surface area contributed by atoms with Gasteiger partial charge in [0.25, 0.3) is 11.8 Å². The fraction of sp³-hybridized carbons (Fsp3) is 0.148. The fourth-order valence-corrected chi connectivity index (χ4v) is 4.63. The van der Waals surface area contributed by atoms with Crippen molar-refractivity contribution in [1.82, 2.24) is 0 Å². The molecule has 0 spiro atoms. The van der Waals surface area contributed by atoms with Gasteiger partial charge in [-0.05, 0) is 42.8 Å². The molecule has 0 saturated carbocycles. The number of likely N-dealkylation sites (N-methyl/N-ethyl adjacent to an activating group) is 1. The highest BCUT2D eigenvalue weighted by atomic mass is 32.2. The van der Waals surface area contributed by atoms with Crippen LogP contribution in [0.3, 0.4) is 0 Å². The molecule has 4 rings (SSSR count). The highest BCUT2D eigenvalue weighted by molar-refractivity contribution is 8.04. The van der Waals surface area contributed by atoms with Crippen molar-refractivity contribution in [3.05, 3.63) is 101 Å². The lowest BCUT2D eigenvalue weighted by Gasteiger charge is -2.22. The number of thioether (sulfide) groups is 1. The minimum atomic E-state index is -0.569. The Morgan fingerprint density at radius 1 is 0.882 bits per heavy atom. The number of benzene rings is 3. The van der Waals surface area contributed by atoms with Gasteiger partial charge in [-0.2, -0.15) is 0 Å². The zero-order valence-corrected chi connectivity index (χ0v) is 19.7. The van der Waals surface area contributed by atoms with Crippen LogP contribution in [0.2, 0.25) is 0 Å². The van der Waals surface area contributed by atoms with Crippen LogP contribution in [0, 0.1) is 0 Å². The molecule has 3 aromatic rings. The zero-order valence-electron chi connectivity index (χ0n) is 18.9. The molecule has 172 valence electrons. The number of rotatable bonds is 8. The summed E-state index contributed by atoms with van der Waals surface area (Å²) in [4.78, 5) is 44.1. The molecule has 3 aromatic carbocycles. The maximum absolute atomic E-state index is 13.8. The molecule has 1 aliphatic rings. The summed E-state index contributed by atoms with van der Waals surface area (Å²) in [6.45, 7) is 2.15. The number of para-hydroxylation sites is 2. The lowest BCUT2D eigenvalue weighted by Crippen LogP contribution is -2.35. The van der Waals surface area contributed by atoms with Crippen LogP contribution in [0.25, 0.3) is 0 Å². The van der Waals surface area contributed by atoms with E-state index < -0.39 is 17.8 Å². The second kappa shape index (κ2) is 10.4. The lowest BCUT2D eigenvalue weighted by molar-refractivity contribution is -0.120. The van der Waals surface area contributed by atoms with E-state index >= 15 is 0 Å². The van der Waals surface area contributed by atoms with Gasteiger partial charge < -0.3 is 9.64 Å². The van der Waals surface area contributed by atoms with Crippen molar-refractivity contribution in [2.75, 3.05) is 23.5 Å². The molecule has 0 bridgehead atoms. The van der Waals surface area contributed by atoms with E-state index in [0.29, 0.717) is 11.3 Å². The first-order chi connectivity index (χ1) is 16.5. The second-order valence-corrected chi connectivity index (χ2v) is 8.67. The lowest BCUT2D eigenvalue weighted by atomic mass is 10.1. The summed E-state index contributed by atoms with van der Waals surface area (Å²) < 4.78 is 5.30. The van der Waals surface area contributed by atoms with Gasteiger partial charge in [0, 0.05) is 17.6 Å². The first kappa shape index (κ1) is 23.3. The number of anilines is 2. The molecule has 0 atom stereocenters. The smallest absolute Gasteiger partial charge is 0.340 e. The molecular weight excluding hydrogens is 448 g/mol. The number of imide groups is 1. The quantitative estimate of drug-likeness (QED) is 0.329. The Bertz CT molecular complexity index is 1240. The molecule has 34 heavy (non-hydrogen) atoms. The Balaban J connectivity index is 1.79.